The summed E-state index contributed by atoms with van der Waals surface area (Å²) in [6, 6.07) is 1.73. The van der Waals surface area contributed by atoms with Crippen LogP contribution in [0.4, 0.5) is 0 Å². The largest absolute Gasteiger partial charge is 0.379 e. The second kappa shape index (κ2) is 4.35. The fraction of sp³-hybridized carbons (Fsp3) is 0.636. The van der Waals surface area contributed by atoms with E-state index in [4.69, 9.17) is 10.5 Å². The van der Waals surface area contributed by atoms with Gasteiger partial charge in [0.2, 0.25) is 5.78 Å². The zero-order valence-corrected chi connectivity index (χ0v) is 9.48. The van der Waals surface area contributed by atoms with Crippen LogP contribution in [0, 0.1) is 0 Å². The summed E-state index contributed by atoms with van der Waals surface area (Å²) in [5.74, 6) is -0.0593. The predicted molar refractivity (Wildman–Crippen MR) is 59.2 cm³/mol. The normalized spacial score (nSPS) is 24.9. The molecule has 88 valence electrons. The van der Waals surface area contributed by atoms with Crippen LogP contribution in [0.2, 0.25) is 0 Å². The van der Waals surface area contributed by atoms with Gasteiger partial charge in [-0.25, -0.2) is 0 Å². The summed E-state index contributed by atoms with van der Waals surface area (Å²) in [5.41, 5.74) is 5.78. The number of hydrogen-bond acceptors (Lipinski definition) is 4. The molecular weight excluding hydrogens is 206 g/mol. The molecule has 0 bridgehead atoms. The minimum Gasteiger partial charge on any atom is -0.379 e. The molecule has 0 saturated carbocycles. The number of ether oxygens (including phenoxy) is 1. The Hall–Kier alpha value is -1.20. The zero-order chi connectivity index (χ0) is 11.6. The van der Waals surface area contributed by atoms with E-state index < -0.39 is 5.54 Å². The Morgan fingerprint density at radius 2 is 2.56 bits per heavy atom. The molecule has 1 aromatic rings. The molecule has 1 aliphatic rings. The summed E-state index contributed by atoms with van der Waals surface area (Å²) in [7, 11) is 0. The fourth-order valence-electron chi connectivity index (χ4n) is 1.93. The van der Waals surface area contributed by atoms with Crippen molar-refractivity contribution in [2.45, 2.75) is 31.8 Å². The number of carbonyl (C=O) groups excluding carboxylic acids is 1. The van der Waals surface area contributed by atoms with E-state index in [0.717, 1.165) is 13.0 Å². The number of nitrogens with zero attached hydrogens (tertiary/aromatic N) is 2. The van der Waals surface area contributed by atoms with Crippen LogP contribution in [-0.4, -0.2) is 34.3 Å². The second-order valence-electron chi connectivity index (χ2n) is 4.23. The molecule has 2 N–H and O–H groups in total. The zero-order valence-electron chi connectivity index (χ0n) is 9.48. The van der Waals surface area contributed by atoms with Gasteiger partial charge in [0.05, 0.1) is 6.61 Å². The molecule has 0 radical (unpaired) electrons. The van der Waals surface area contributed by atoms with Crippen LogP contribution in [0.15, 0.2) is 12.3 Å². The van der Waals surface area contributed by atoms with E-state index >= 15 is 0 Å². The predicted octanol–water partition coefficient (Wildman–Crippen LogP) is 0.594. The number of aryl methyl sites for hydroxylation is 1. The molecule has 1 aliphatic heterocycles. The maximum atomic E-state index is 12.3. The van der Waals surface area contributed by atoms with E-state index in [0.29, 0.717) is 25.3 Å². The molecule has 1 unspecified atom stereocenters. The first-order chi connectivity index (χ1) is 7.67. The van der Waals surface area contributed by atoms with Gasteiger partial charge in [-0.1, -0.05) is 6.92 Å². The Labute approximate surface area is 94.6 Å². The average Bonchev–Trinajstić information content (AvgIpc) is 2.88. The number of carbonyl (C=O) groups is 1. The van der Waals surface area contributed by atoms with Gasteiger partial charge in [-0.2, -0.15) is 5.10 Å². The second-order valence-corrected chi connectivity index (χ2v) is 4.23. The number of ketones is 1. The summed E-state index contributed by atoms with van der Waals surface area (Å²) in [5, 5.41) is 4.13. The Bertz CT molecular complexity index is 380. The van der Waals surface area contributed by atoms with Crippen LogP contribution in [0.3, 0.4) is 0 Å². The quantitative estimate of drug-likeness (QED) is 0.758. The Kier molecular flexibility index (Phi) is 3.07. The van der Waals surface area contributed by atoms with Crippen molar-refractivity contribution < 1.29 is 9.53 Å². The third-order valence-electron chi connectivity index (χ3n) is 2.89. The molecule has 1 saturated heterocycles. The van der Waals surface area contributed by atoms with Crippen LogP contribution in [-0.2, 0) is 11.3 Å². The number of aromatic nitrogens is 2. The molecule has 0 amide bonds. The van der Waals surface area contributed by atoms with Crippen LogP contribution in [0.25, 0.3) is 0 Å². The number of hydrogen-bond donors (Lipinski definition) is 1. The number of nitrogens with two attached hydrogens (primary N) is 1. The lowest BCUT2D eigenvalue weighted by atomic mass is 9.92. The topological polar surface area (TPSA) is 70.1 Å². The molecule has 1 atom stereocenters. The van der Waals surface area contributed by atoms with Crippen molar-refractivity contribution in [2.24, 2.45) is 5.73 Å². The van der Waals surface area contributed by atoms with Crippen molar-refractivity contribution in [3.05, 3.63) is 18.0 Å². The summed E-state index contributed by atoms with van der Waals surface area (Å²) >= 11 is 0. The van der Waals surface area contributed by atoms with Crippen LogP contribution in [0.1, 0.15) is 30.3 Å². The summed E-state index contributed by atoms with van der Waals surface area (Å²) in [6.07, 6.45) is 3.17. The van der Waals surface area contributed by atoms with E-state index in [1.807, 2.05) is 6.92 Å². The van der Waals surface area contributed by atoms with Crippen molar-refractivity contribution in [1.29, 1.82) is 0 Å². The van der Waals surface area contributed by atoms with Gasteiger partial charge in [-0.3, -0.25) is 9.48 Å². The van der Waals surface area contributed by atoms with Gasteiger partial charge in [-0.05, 0) is 18.9 Å². The maximum Gasteiger partial charge on any atom is 0.203 e. The molecule has 2 heterocycles. The van der Waals surface area contributed by atoms with Crippen LogP contribution in [0.5, 0.6) is 0 Å². The van der Waals surface area contributed by atoms with Crippen molar-refractivity contribution in [3.63, 3.8) is 0 Å². The number of Topliss-reactive ketones (excluding diaryl/α,β-unsaturated/α-hetero) is 1. The minimum absolute atomic E-state index is 0.0593. The minimum atomic E-state index is -0.856. The lowest BCUT2D eigenvalue weighted by molar-refractivity contribution is 0.0851. The molecule has 5 nitrogen and oxygen atoms in total. The van der Waals surface area contributed by atoms with Gasteiger partial charge in [0, 0.05) is 19.3 Å². The number of rotatable bonds is 4. The molecule has 5 heteroatoms. The first kappa shape index (κ1) is 11.3. The average molecular weight is 223 g/mol. The molecule has 0 spiro atoms. The van der Waals surface area contributed by atoms with Crippen molar-refractivity contribution >= 4 is 5.78 Å². The first-order valence-electron chi connectivity index (χ1n) is 5.60. The smallest absolute Gasteiger partial charge is 0.203 e. The SMILES string of the molecule is CCCn1nccc1C(=O)C1(N)CCOC1. The van der Waals surface area contributed by atoms with E-state index in [9.17, 15) is 4.79 Å². The van der Waals surface area contributed by atoms with Crippen molar-refractivity contribution in [3.8, 4) is 0 Å². The van der Waals surface area contributed by atoms with Gasteiger partial charge in [-0.15, -0.1) is 0 Å². The standard InChI is InChI=1S/C11H17N3O2/c1-2-6-14-9(3-5-13-14)10(15)11(12)4-7-16-8-11/h3,5H,2,4,6-8,12H2,1H3. The molecule has 0 aliphatic carbocycles. The maximum absolute atomic E-state index is 12.3. The summed E-state index contributed by atoms with van der Waals surface area (Å²) < 4.78 is 6.92. The monoisotopic (exact) mass is 223 g/mol. The molecule has 16 heavy (non-hydrogen) atoms. The molecule has 1 fully saturated rings. The van der Waals surface area contributed by atoms with Gasteiger partial charge in [0.1, 0.15) is 11.2 Å². The van der Waals surface area contributed by atoms with E-state index in [1.165, 1.54) is 0 Å². The van der Waals surface area contributed by atoms with Gasteiger partial charge in [0.25, 0.3) is 0 Å². The fourth-order valence-corrected chi connectivity index (χ4v) is 1.93. The third kappa shape index (κ3) is 1.88. The lowest BCUT2D eigenvalue weighted by Crippen LogP contribution is -2.49. The molecular formula is C11H17N3O2. The van der Waals surface area contributed by atoms with Gasteiger partial charge >= 0.3 is 0 Å². The summed E-state index contributed by atoms with van der Waals surface area (Å²) in [6.45, 7) is 3.66. The first-order valence-corrected chi connectivity index (χ1v) is 5.60. The van der Waals surface area contributed by atoms with Crippen LogP contribution < -0.4 is 5.73 Å². The molecule has 0 aromatic carbocycles. The van der Waals surface area contributed by atoms with Crippen molar-refractivity contribution in [1.82, 2.24) is 9.78 Å². The Morgan fingerprint density at radius 3 is 3.19 bits per heavy atom. The highest BCUT2D eigenvalue weighted by atomic mass is 16.5. The Morgan fingerprint density at radius 1 is 1.75 bits per heavy atom. The molecule has 1 aromatic heterocycles. The molecule has 2 rings (SSSR count). The lowest BCUT2D eigenvalue weighted by Gasteiger charge is -2.20. The third-order valence-corrected chi connectivity index (χ3v) is 2.89. The van der Waals surface area contributed by atoms with Crippen molar-refractivity contribution in [2.75, 3.05) is 13.2 Å². The van der Waals surface area contributed by atoms with Gasteiger partial charge < -0.3 is 10.5 Å². The van der Waals surface area contributed by atoms with E-state index in [1.54, 1.807) is 16.9 Å². The van der Waals surface area contributed by atoms with E-state index in [-0.39, 0.29) is 5.78 Å². The highest BCUT2D eigenvalue weighted by molar-refractivity contribution is 6.02. The van der Waals surface area contributed by atoms with Gasteiger partial charge in [0.15, 0.2) is 0 Å². The Balaban J connectivity index is 2.23. The van der Waals surface area contributed by atoms with E-state index in [2.05, 4.69) is 5.10 Å². The summed E-state index contributed by atoms with van der Waals surface area (Å²) in [4.78, 5) is 12.3. The van der Waals surface area contributed by atoms with Crippen LogP contribution >= 0.6 is 0 Å². The highest BCUT2D eigenvalue weighted by Gasteiger charge is 2.39. The highest BCUT2D eigenvalue weighted by Crippen LogP contribution is 2.20.